The van der Waals surface area contributed by atoms with E-state index in [0.717, 1.165) is 38.2 Å². The van der Waals surface area contributed by atoms with Gasteiger partial charge in [0.1, 0.15) is 6.10 Å². The molecular formula is C12H21N3O2. The van der Waals surface area contributed by atoms with Gasteiger partial charge in [0.2, 0.25) is 11.7 Å². The second kappa shape index (κ2) is 6.12. The average Bonchev–Trinajstić information content (AvgIpc) is 2.86. The molecule has 1 aromatic rings. The Balaban J connectivity index is 2.03. The van der Waals surface area contributed by atoms with Crippen LogP contribution >= 0.6 is 0 Å². The molecule has 2 heterocycles. The Morgan fingerprint density at radius 2 is 2.47 bits per heavy atom. The van der Waals surface area contributed by atoms with Gasteiger partial charge in [-0.3, -0.25) is 0 Å². The molecule has 1 N–H and O–H groups in total. The van der Waals surface area contributed by atoms with Gasteiger partial charge in [-0.25, -0.2) is 0 Å². The second-order valence-corrected chi connectivity index (χ2v) is 4.55. The van der Waals surface area contributed by atoms with E-state index in [0.29, 0.717) is 11.7 Å². The van der Waals surface area contributed by atoms with Crippen molar-refractivity contribution in [3.05, 3.63) is 11.7 Å². The van der Waals surface area contributed by atoms with Gasteiger partial charge in [0.25, 0.3) is 0 Å². The van der Waals surface area contributed by atoms with E-state index in [1.807, 2.05) is 0 Å². The number of ether oxygens (including phenoxy) is 1. The first-order valence-corrected chi connectivity index (χ1v) is 6.42. The summed E-state index contributed by atoms with van der Waals surface area (Å²) in [4.78, 5) is 4.48. The van der Waals surface area contributed by atoms with E-state index < -0.39 is 0 Å². The highest BCUT2D eigenvalue weighted by Crippen LogP contribution is 2.25. The van der Waals surface area contributed by atoms with Crippen molar-refractivity contribution in [2.24, 2.45) is 0 Å². The Kier molecular flexibility index (Phi) is 4.50. The van der Waals surface area contributed by atoms with Crippen LogP contribution in [-0.4, -0.2) is 30.3 Å². The van der Waals surface area contributed by atoms with Crippen LogP contribution in [0.15, 0.2) is 4.52 Å². The van der Waals surface area contributed by atoms with Gasteiger partial charge in [-0.15, -0.1) is 0 Å². The summed E-state index contributed by atoms with van der Waals surface area (Å²) in [6.45, 7) is 4.15. The zero-order chi connectivity index (χ0) is 12.1. The maximum Gasteiger partial charge on any atom is 0.231 e. The van der Waals surface area contributed by atoms with Crippen LogP contribution in [0.4, 0.5) is 0 Å². The molecule has 1 aliphatic rings. The van der Waals surface area contributed by atoms with Gasteiger partial charge < -0.3 is 14.6 Å². The van der Waals surface area contributed by atoms with Crippen molar-refractivity contribution < 1.29 is 9.26 Å². The molecule has 0 saturated carbocycles. The van der Waals surface area contributed by atoms with E-state index in [1.54, 1.807) is 7.11 Å². The number of methoxy groups -OCH3 is 1. The summed E-state index contributed by atoms with van der Waals surface area (Å²) in [5, 5.41) is 7.39. The Morgan fingerprint density at radius 3 is 3.12 bits per heavy atom. The lowest BCUT2D eigenvalue weighted by atomic mass is 10.00. The predicted molar refractivity (Wildman–Crippen MR) is 63.8 cm³/mol. The normalized spacial score (nSPS) is 22.6. The lowest BCUT2D eigenvalue weighted by Gasteiger charge is -2.18. The van der Waals surface area contributed by atoms with E-state index in [-0.39, 0.29) is 6.10 Å². The average molecular weight is 239 g/mol. The van der Waals surface area contributed by atoms with Crippen molar-refractivity contribution in [3.63, 3.8) is 0 Å². The van der Waals surface area contributed by atoms with Gasteiger partial charge >= 0.3 is 0 Å². The molecule has 1 saturated heterocycles. The molecule has 0 bridgehead atoms. The van der Waals surface area contributed by atoms with Crippen molar-refractivity contribution >= 4 is 0 Å². The lowest BCUT2D eigenvalue weighted by Crippen LogP contribution is -2.28. The fraction of sp³-hybridized carbons (Fsp3) is 0.833. The minimum absolute atomic E-state index is 0.0333. The summed E-state index contributed by atoms with van der Waals surface area (Å²) in [6, 6.07) is 0. The van der Waals surface area contributed by atoms with Crippen molar-refractivity contribution in [1.29, 1.82) is 0 Å². The number of aromatic nitrogens is 2. The quantitative estimate of drug-likeness (QED) is 0.851. The van der Waals surface area contributed by atoms with E-state index >= 15 is 0 Å². The van der Waals surface area contributed by atoms with Crippen molar-refractivity contribution in [2.45, 2.75) is 44.6 Å². The van der Waals surface area contributed by atoms with E-state index in [9.17, 15) is 0 Å². The summed E-state index contributed by atoms with van der Waals surface area (Å²) in [7, 11) is 1.69. The zero-order valence-corrected chi connectivity index (χ0v) is 10.6. The summed E-state index contributed by atoms with van der Waals surface area (Å²) in [5.74, 6) is 1.81. The van der Waals surface area contributed by atoms with Gasteiger partial charge in [0, 0.05) is 13.7 Å². The summed E-state index contributed by atoms with van der Waals surface area (Å²) < 4.78 is 10.7. The van der Waals surface area contributed by atoms with Gasteiger partial charge in [-0.1, -0.05) is 18.5 Å². The highest BCUT2D eigenvalue weighted by Gasteiger charge is 2.23. The Labute approximate surface area is 102 Å². The van der Waals surface area contributed by atoms with E-state index in [2.05, 4.69) is 22.4 Å². The number of nitrogens with zero attached hydrogens (tertiary/aromatic N) is 2. The highest BCUT2D eigenvalue weighted by molar-refractivity contribution is 4.98. The number of hydrogen-bond donors (Lipinski definition) is 1. The Morgan fingerprint density at radius 1 is 1.59 bits per heavy atom. The van der Waals surface area contributed by atoms with Crippen LogP contribution < -0.4 is 5.32 Å². The van der Waals surface area contributed by atoms with Crippen LogP contribution in [0.25, 0.3) is 0 Å². The molecule has 0 amide bonds. The predicted octanol–water partition coefficient (Wildman–Crippen LogP) is 2.02. The molecule has 1 aromatic heterocycles. The topological polar surface area (TPSA) is 60.2 Å². The Hall–Kier alpha value is -0.940. The molecule has 0 aromatic carbocycles. The molecule has 0 aliphatic carbocycles. The first-order chi connectivity index (χ1) is 8.35. The van der Waals surface area contributed by atoms with Gasteiger partial charge in [-0.05, 0) is 25.8 Å². The third kappa shape index (κ3) is 3.04. The standard InChI is InChI=1S/C12H21N3O2/c1-3-5-10(16-2)11-14-12(17-15-11)9-6-4-7-13-8-9/h9-10,13H,3-8H2,1-2H3/t9-,10?/m1/s1. The smallest absolute Gasteiger partial charge is 0.231 e. The maximum absolute atomic E-state index is 5.38. The van der Waals surface area contributed by atoms with Crippen LogP contribution in [0.5, 0.6) is 0 Å². The fourth-order valence-corrected chi connectivity index (χ4v) is 2.22. The molecular weight excluding hydrogens is 218 g/mol. The summed E-state index contributed by atoms with van der Waals surface area (Å²) in [6.07, 6.45) is 4.24. The van der Waals surface area contributed by atoms with Gasteiger partial charge in [0.05, 0.1) is 5.92 Å². The van der Waals surface area contributed by atoms with Crippen LogP contribution in [0, 0.1) is 0 Å². The molecule has 5 nitrogen and oxygen atoms in total. The summed E-state index contributed by atoms with van der Waals surface area (Å²) in [5.41, 5.74) is 0. The van der Waals surface area contributed by atoms with E-state index in [4.69, 9.17) is 9.26 Å². The molecule has 1 fully saturated rings. The highest BCUT2D eigenvalue weighted by atomic mass is 16.5. The molecule has 17 heavy (non-hydrogen) atoms. The number of rotatable bonds is 5. The monoisotopic (exact) mass is 239 g/mol. The minimum Gasteiger partial charge on any atom is -0.373 e. The molecule has 0 spiro atoms. The molecule has 0 radical (unpaired) electrons. The summed E-state index contributed by atoms with van der Waals surface area (Å²) >= 11 is 0. The number of hydrogen-bond acceptors (Lipinski definition) is 5. The van der Waals surface area contributed by atoms with Gasteiger partial charge in [-0.2, -0.15) is 4.98 Å². The van der Waals surface area contributed by atoms with Crippen molar-refractivity contribution in [2.75, 3.05) is 20.2 Å². The Bertz CT molecular complexity index is 315. The lowest BCUT2D eigenvalue weighted by molar-refractivity contribution is 0.0854. The second-order valence-electron chi connectivity index (χ2n) is 4.55. The van der Waals surface area contributed by atoms with Gasteiger partial charge in [0.15, 0.2) is 0 Å². The van der Waals surface area contributed by atoms with Crippen LogP contribution in [-0.2, 0) is 4.74 Å². The largest absolute Gasteiger partial charge is 0.373 e. The maximum atomic E-state index is 5.38. The number of piperidine rings is 1. The minimum atomic E-state index is -0.0333. The van der Waals surface area contributed by atoms with Crippen LogP contribution in [0.2, 0.25) is 0 Å². The van der Waals surface area contributed by atoms with E-state index in [1.165, 1.54) is 6.42 Å². The third-order valence-electron chi connectivity index (χ3n) is 3.23. The molecule has 2 rings (SSSR count). The third-order valence-corrected chi connectivity index (χ3v) is 3.23. The van der Waals surface area contributed by atoms with Crippen LogP contribution in [0.1, 0.15) is 56.3 Å². The van der Waals surface area contributed by atoms with Crippen LogP contribution in [0.3, 0.4) is 0 Å². The first kappa shape index (κ1) is 12.5. The molecule has 1 aliphatic heterocycles. The van der Waals surface area contributed by atoms with Crippen molar-refractivity contribution in [3.8, 4) is 0 Å². The molecule has 96 valence electrons. The first-order valence-electron chi connectivity index (χ1n) is 6.42. The SMILES string of the molecule is CCCC(OC)c1noc([C@@H]2CCCNC2)n1. The molecule has 5 heteroatoms. The fourth-order valence-electron chi connectivity index (χ4n) is 2.22. The zero-order valence-electron chi connectivity index (χ0n) is 10.6. The number of nitrogens with one attached hydrogen (secondary N) is 1. The van der Waals surface area contributed by atoms with Crippen molar-refractivity contribution in [1.82, 2.24) is 15.5 Å². The molecule has 1 unspecified atom stereocenters. The molecule has 2 atom stereocenters.